The van der Waals surface area contributed by atoms with Crippen molar-refractivity contribution in [3.8, 4) is 5.75 Å². The maximum Gasteiger partial charge on any atom is 0.315 e. The zero-order valence-electron chi connectivity index (χ0n) is 14.8. The van der Waals surface area contributed by atoms with Gasteiger partial charge in [-0.1, -0.05) is 31.1 Å². The van der Waals surface area contributed by atoms with E-state index in [1.54, 1.807) is 7.11 Å². The van der Waals surface area contributed by atoms with Gasteiger partial charge in [0.05, 0.1) is 13.2 Å². The first-order chi connectivity index (χ1) is 12.1. The quantitative estimate of drug-likeness (QED) is 0.841. The van der Waals surface area contributed by atoms with Crippen molar-refractivity contribution in [2.24, 2.45) is 0 Å². The molecule has 1 aromatic carbocycles. The van der Waals surface area contributed by atoms with Crippen LogP contribution in [0.4, 0.5) is 4.79 Å². The summed E-state index contributed by atoms with van der Waals surface area (Å²) in [5, 5.41) is 9.78. The molecular weight excluding hydrogens is 320 g/mol. The predicted octanol–water partition coefficient (Wildman–Crippen LogP) is 2.73. The van der Waals surface area contributed by atoms with E-state index in [1.165, 1.54) is 5.56 Å². The summed E-state index contributed by atoms with van der Waals surface area (Å²) in [7, 11) is 1.67. The van der Waals surface area contributed by atoms with E-state index in [9.17, 15) is 4.79 Å². The zero-order chi connectivity index (χ0) is 17.8. The number of nitrogens with one attached hydrogen (secondary N) is 2. The van der Waals surface area contributed by atoms with E-state index < -0.39 is 0 Å². The number of urea groups is 1. The Labute approximate surface area is 147 Å². The molecule has 2 amide bonds. The third kappa shape index (κ3) is 3.92. The first-order valence-electron chi connectivity index (χ1n) is 8.61. The smallest absolute Gasteiger partial charge is 0.315 e. The highest BCUT2D eigenvalue weighted by molar-refractivity contribution is 5.74. The van der Waals surface area contributed by atoms with E-state index in [0.29, 0.717) is 24.7 Å². The molecule has 7 heteroatoms. The van der Waals surface area contributed by atoms with Crippen molar-refractivity contribution in [3.63, 3.8) is 0 Å². The molecule has 2 aromatic rings. The zero-order valence-corrected chi connectivity index (χ0v) is 14.8. The molecule has 7 nitrogen and oxygen atoms in total. The number of carbonyl (C=O) groups excluding carboxylic acids is 1. The van der Waals surface area contributed by atoms with Gasteiger partial charge in [-0.15, -0.1) is 0 Å². The van der Waals surface area contributed by atoms with E-state index >= 15 is 0 Å². The number of fused-ring (bicyclic) bond motifs is 1. The molecule has 3 rings (SSSR count). The van der Waals surface area contributed by atoms with Gasteiger partial charge in [-0.2, -0.15) is 4.98 Å². The minimum atomic E-state index is -0.190. The molecular formula is C18H24N4O3. The molecule has 1 aliphatic rings. The SMILES string of the molecule is COc1cccc2c1CC[C@@H]2NC(=O)NCCc1nc(C(C)C)no1. The number of hydrogen-bond donors (Lipinski definition) is 2. The number of amides is 2. The Hall–Kier alpha value is -2.57. The number of ether oxygens (including phenoxy) is 1. The first-order valence-corrected chi connectivity index (χ1v) is 8.61. The van der Waals surface area contributed by atoms with Crippen molar-refractivity contribution in [1.82, 2.24) is 20.8 Å². The molecule has 1 aliphatic carbocycles. The van der Waals surface area contributed by atoms with Crippen LogP contribution in [0.1, 0.15) is 55.1 Å². The lowest BCUT2D eigenvalue weighted by Crippen LogP contribution is -2.38. The summed E-state index contributed by atoms with van der Waals surface area (Å²) in [5.41, 5.74) is 2.32. The number of methoxy groups -OCH3 is 1. The lowest BCUT2D eigenvalue weighted by Gasteiger charge is -2.15. The van der Waals surface area contributed by atoms with Gasteiger partial charge in [-0.25, -0.2) is 4.79 Å². The third-order valence-corrected chi connectivity index (χ3v) is 4.38. The van der Waals surface area contributed by atoms with E-state index in [-0.39, 0.29) is 18.0 Å². The Morgan fingerprint density at radius 1 is 1.44 bits per heavy atom. The van der Waals surface area contributed by atoms with Gasteiger partial charge in [0.1, 0.15) is 5.75 Å². The first kappa shape index (κ1) is 17.3. The van der Waals surface area contributed by atoms with Crippen LogP contribution < -0.4 is 15.4 Å². The fourth-order valence-corrected chi connectivity index (χ4v) is 3.06. The van der Waals surface area contributed by atoms with Crippen LogP contribution in [0.15, 0.2) is 22.7 Å². The Bertz CT molecular complexity index is 742. The molecule has 25 heavy (non-hydrogen) atoms. The Morgan fingerprint density at radius 2 is 2.28 bits per heavy atom. The number of hydrogen-bond acceptors (Lipinski definition) is 5. The van der Waals surface area contributed by atoms with Gasteiger partial charge in [0, 0.05) is 18.9 Å². The topological polar surface area (TPSA) is 89.3 Å². The van der Waals surface area contributed by atoms with Crippen LogP contribution in [0.5, 0.6) is 5.75 Å². The third-order valence-electron chi connectivity index (χ3n) is 4.38. The van der Waals surface area contributed by atoms with Crippen molar-refractivity contribution in [2.75, 3.05) is 13.7 Å². The van der Waals surface area contributed by atoms with Gasteiger partial charge in [-0.3, -0.25) is 0 Å². The van der Waals surface area contributed by atoms with Crippen molar-refractivity contribution in [3.05, 3.63) is 41.0 Å². The maximum atomic E-state index is 12.1. The second-order valence-electron chi connectivity index (χ2n) is 6.47. The minimum absolute atomic E-state index is 0.0149. The van der Waals surface area contributed by atoms with Gasteiger partial charge in [-0.05, 0) is 30.0 Å². The molecule has 1 heterocycles. The monoisotopic (exact) mass is 344 g/mol. The summed E-state index contributed by atoms with van der Waals surface area (Å²) in [6, 6.07) is 5.78. The molecule has 0 radical (unpaired) electrons. The Balaban J connectivity index is 1.49. The summed E-state index contributed by atoms with van der Waals surface area (Å²) >= 11 is 0. The highest BCUT2D eigenvalue weighted by Gasteiger charge is 2.26. The molecule has 0 bridgehead atoms. The molecule has 0 aliphatic heterocycles. The van der Waals surface area contributed by atoms with Gasteiger partial charge >= 0.3 is 6.03 Å². The number of nitrogens with zero attached hydrogens (tertiary/aromatic N) is 2. The molecule has 0 saturated carbocycles. The van der Waals surface area contributed by atoms with E-state index in [2.05, 4.69) is 20.8 Å². The highest BCUT2D eigenvalue weighted by Crippen LogP contribution is 2.36. The summed E-state index contributed by atoms with van der Waals surface area (Å²) in [5.74, 6) is 2.35. The van der Waals surface area contributed by atoms with Crippen molar-refractivity contribution < 1.29 is 14.1 Å². The molecule has 1 aromatic heterocycles. The van der Waals surface area contributed by atoms with Crippen molar-refractivity contribution in [1.29, 1.82) is 0 Å². The maximum absolute atomic E-state index is 12.1. The number of carbonyl (C=O) groups is 1. The largest absolute Gasteiger partial charge is 0.496 e. The fourth-order valence-electron chi connectivity index (χ4n) is 3.06. The van der Waals surface area contributed by atoms with Gasteiger partial charge in [0.2, 0.25) is 5.89 Å². The van der Waals surface area contributed by atoms with Crippen molar-refractivity contribution in [2.45, 2.75) is 45.1 Å². The van der Waals surface area contributed by atoms with Crippen LogP contribution in [-0.2, 0) is 12.8 Å². The molecule has 0 unspecified atom stereocenters. The summed E-state index contributed by atoms with van der Waals surface area (Å²) in [4.78, 5) is 16.4. The second-order valence-corrected chi connectivity index (χ2v) is 6.47. The Kier molecular flexibility index (Phi) is 5.21. The molecule has 2 N–H and O–H groups in total. The normalized spacial score (nSPS) is 15.9. The summed E-state index contributed by atoms with van der Waals surface area (Å²) in [6.45, 7) is 4.47. The van der Waals surface area contributed by atoms with Gasteiger partial charge in [0.25, 0.3) is 0 Å². The van der Waals surface area contributed by atoms with Crippen LogP contribution in [0.25, 0.3) is 0 Å². The molecule has 0 fully saturated rings. The van der Waals surface area contributed by atoms with Crippen LogP contribution >= 0.6 is 0 Å². The average Bonchev–Trinajstić information content (AvgIpc) is 3.22. The number of aromatic nitrogens is 2. The highest BCUT2D eigenvalue weighted by atomic mass is 16.5. The molecule has 0 saturated heterocycles. The van der Waals surface area contributed by atoms with Crippen LogP contribution in [-0.4, -0.2) is 29.8 Å². The predicted molar refractivity (Wildman–Crippen MR) is 92.7 cm³/mol. The molecule has 134 valence electrons. The Morgan fingerprint density at radius 3 is 3.00 bits per heavy atom. The van der Waals surface area contributed by atoms with Crippen molar-refractivity contribution >= 4 is 6.03 Å². The van der Waals surface area contributed by atoms with Crippen LogP contribution in [0.2, 0.25) is 0 Å². The molecule has 1 atom stereocenters. The number of rotatable bonds is 6. The standard InChI is InChI=1S/C18H24N4O3/c1-11(2)17-21-16(25-22-17)9-10-19-18(23)20-14-8-7-13-12(14)5-4-6-15(13)24-3/h4-6,11,14H,7-10H2,1-3H3,(H2,19,20,23)/t14-/m0/s1. The fraction of sp³-hybridized carbons (Fsp3) is 0.500. The van der Waals surface area contributed by atoms with E-state index in [4.69, 9.17) is 9.26 Å². The molecule has 0 spiro atoms. The average molecular weight is 344 g/mol. The second kappa shape index (κ2) is 7.55. The van der Waals surface area contributed by atoms with Gasteiger partial charge < -0.3 is 19.9 Å². The van der Waals surface area contributed by atoms with Gasteiger partial charge in [0.15, 0.2) is 5.82 Å². The minimum Gasteiger partial charge on any atom is -0.496 e. The number of benzene rings is 1. The lowest BCUT2D eigenvalue weighted by molar-refractivity contribution is 0.236. The summed E-state index contributed by atoms with van der Waals surface area (Å²) < 4.78 is 10.6. The summed E-state index contributed by atoms with van der Waals surface area (Å²) in [6.07, 6.45) is 2.30. The van der Waals surface area contributed by atoms with E-state index in [0.717, 1.165) is 24.2 Å². The van der Waals surface area contributed by atoms with E-state index in [1.807, 2.05) is 32.0 Å². The lowest BCUT2D eigenvalue weighted by atomic mass is 10.1. The van der Waals surface area contributed by atoms with Crippen LogP contribution in [0, 0.1) is 0 Å². The van der Waals surface area contributed by atoms with Crippen LogP contribution in [0.3, 0.4) is 0 Å².